The average molecular weight is 357 g/mol. The zero-order chi connectivity index (χ0) is 17.6. The van der Waals surface area contributed by atoms with Crippen molar-refractivity contribution < 1.29 is 24.2 Å². The number of aliphatic hydroxyl groups is 1. The maximum Gasteiger partial charge on any atom is 0.295 e. The van der Waals surface area contributed by atoms with Gasteiger partial charge in [0.1, 0.15) is 19.0 Å². The molecule has 1 aromatic heterocycles. The van der Waals surface area contributed by atoms with Gasteiger partial charge in [-0.2, -0.15) is 0 Å². The second kappa shape index (κ2) is 5.93. The number of amides is 1. The van der Waals surface area contributed by atoms with E-state index in [0.717, 1.165) is 4.88 Å². The van der Waals surface area contributed by atoms with Crippen LogP contribution >= 0.6 is 11.3 Å². The molecule has 6 nitrogen and oxygen atoms in total. The topological polar surface area (TPSA) is 76.1 Å². The summed E-state index contributed by atoms with van der Waals surface area (Å²) >= 11 is 1.43. The van der Waals surface area contributed by atoms with Gasteiger partial charge in [-0.15, -0.1) is 11.3 Å². The van der Waals surface area contributed by atoms with Crippen LogP contribution in [-0.2, 0) is 9.59 Å². The van der Waals surface area contributed by atoms with Crippen molar-refractivity contribution in [1.82, 2.24) is 4.90 Å². The Kier molecular flexibility index (Phi) is 3.73. The molecule has 1 saturated heterocycles. The highest BCUT2D eigenvalue weighted by Gasteiger charge is 2.44. The minimum Gasteiger partial charge on any atom is -0.507 e. The SMILES string of the molecule is CN1C(=O)C(=O)/C(=C(/O)c2ccc3c(c2)OCCO3)C1c1cccs1. The largest absolute Gasteiger partial charge is 0.507 e. The molecule has 3 heterocycles. The molecular formula is C18H15NO5S. The quantitative estimate of drug-likeness (QED) is 0.508. The van der Waals surface area contributed by atoms with Gasteiger partial charge in [-0.1, -0.05) is 6.07 Å². The van der Waals surface area contributed by atoms with Crippen molar-refractivity contribution in [3.63, 3.8) is 0 Å². The zero-order valence-corrected chi connectivity index (χ0v) is 14.2. The Labute approximate surface area is 147 Å². The Balaban J connectivity index is 1.84. The molecule has 0 radical (unpaired) electrons. The molecule has 0 bridgehead atoms. The van der Waals surface area contributed by atoms with Crippen LogP contribution in [0.25, 0.3) is 5.76 Å². The number of thiophene rings is 1. The molecule has 0 saturated carbocycles. The van der Waals surface area contributed by atoms with Gasteiger partial charge in [0.05, 0.1) is 11.6 Å². The van der Waals surface area contributed by atoms with E-state index in [9.17, 15) is 14.7 Å². The number of ether oxygens (including phenoxy) is 2. The minimum atomic E-state index is -0.687. The summed E-state index contributed by atoms with van der Waals surface area (Å²) in [5.74, 6) is -0.425. The second-order valence-corrected chi connectivity index (χ2v) is 6.76. The summed E-state index contributed by atoms with van der Waals surface area (Å²) in [6, 6.07) is 8.06. The van der Waals surface area contributed by atoms with Crippen LogP contribution in [0, 0.1) is 0 Å². The smallest absolute Gasteiger partial charge is 0.295 e. The maximum atomic E-state index is 12.5. The number of Topliss-reactive ketones (excluding diaryl/α,β-unsaturated/α-hetero) is 1. The van der Waals surface area contributed by atoms with E-state index in [2.05, 4.69) is 0 Å². The third-order valence-electron chi connectivity index (χ3n) is 4.30. The fourth-order valence-corrected chi connectivity index (χ4v) is 3.95. The number of hydrogen-bond acceptors (Lipinski definition) is 6. The van der Waals surface area contributed by atoms with Crippen LogP contribution in [0.2, 0.25) is 0 Å². The molecule has 1 atom stereocenters. The van der Waals surface area contributed by atoms with Crippen LogP contribution in [0.4, 0.5) is 0 Å². The van der Waals surface area contributed by atoms with Crippen LogP contribution < -0.4 is 9.47 Å². The number of carbonyl (C=O) groups excluding carboxylic acids is 2. The first kappa shape index (κ1) is 15.7. The van der Waals surface area contributed by atoms with Crippen molar-refractivity contribution >= 4 is 28.8 Å². The van der Waals surface area contributed by atoms with E-state index >= 15 is 0 Å². The Morgan fingerprint density at radius 1 is 1.20 bits per heavy atom. The van der Waals surface area contributed by atoms with Crippen molar-refractivity contribution in [2.75, 3.05) is 20.3 Å². The van der Waals surface area contributed by atoms with Crippen molar-refractivity contribution in [1.29, 1.82) is 0 Å². The van der Waals surface area contributed by atoms with Crippen LogP contribution in [0.15, 0.2) is 41.3 Å². The number of benzene rings is 1. The lowest BCUT2D eigenvalue weighted by molar-refractivity contribution is -0.139. The number of carbonyl (C=O) groups is 2. The van der Waals surface area contributed by atoms with E-state index in [-0.39, 0.29) is 11.3 Å². The first-order valence-corrected chi connectivity index (χ1v) is 8.64. The van der Waals surface area contributed by atoms with Crippen LogP contribution in [0.5, 0.6) is 11.5 Å². The Morgan fingerprint density at radius 2 is 1.96 bits per heavy atom. The molecule has 1 fully saturated rings. The molecule has 2 aromatic rings. The molecule has 2 aliphatic heterocycles. The molecule has 1 unspecified atom stereocenters. The summed E-state index contributed by atoms with van der Waals surface area (Å²) in [5.41, 5.74) is 0.504. The summed E-state index contributed by atoms with van der Waals surface area (Å²) < 4.78 is 11.0. The number of nitrogens with zero attached hydrogens (tertiary/aromatic N) is 1. The van der Waals surface area contributed by atoms with Gasteiger partial charge in [0.2, 0.25) is 0 Å². The summed E-state index contributed by atoms with van der Waals surface area (Å²) in [6.07, 6.45) is 0. The standard InChI is InChI=1S/C18H15NO5S/c1-19-15(13-3-2-8-25-13)14(17(21)18(19)22)16(20)10-4-5-11-12(9-10)24-7-6-23-11/h2-5,8-9,15,20H,6-7H2,1H3/b16-14+. The zero-order valence-electron chi connectivity index (χ0n) is 13.4. The van der Waals surface area contributed by atoms with Gasteiger partial charge in [-0.25, -0.2) is 0 Å². The Bertz CT molecular complexity index is 887. The lowest BCUT2D eigenvalue weighted by atomic mass is 9.99. The van der Waals surface area contributed by atoms with Gasteiger partial charge in [-0.3, -0.25) is 9.59 Å². The fourth-order valence-electron chi connectivity index (χ4n) is 3.07. The maximum absolute atomic E-state index is 12.5. The van der Waals surface area contributed by atoms with E-state index in [1.165, 1.54) is 16.2 Å². The first-order valence-electron chi connectivity index (χ1n) is 7.76. The highest BCUT2D eigenvalue weighted by atomic mass is 32.1. The predicted molar refractivity (Wildman–Crippen MR) is 91.8 cm³/mol. The number of likely N-dealkylation sites (tertiary alicyclic amines) is 1. The highest BCUT2D eigenvalue weighted by Crippen LogP contribution is 2.41. The van der Waals surface area contributed by atoms with Gasteiger partial charge in [0, 0.05) is 17.5 Å². The number of rotatable bonds is 2. The molecule has 1 N–H and O–H groups in total. The Hall–Kier alpha value is -2.80. The molecule has 0 aliphatic carbocycles. The molecule has 1 amide bonds. The monoisotopic (exact) mass is 357 g/mol. The number of likely N-dealkylation sites (N-methyl/N-ethyl adjacent to an activating group) is 1. The minimum absolute atomic E-state index is 0.0895. The Morgan fingerprint density at radius 3 is 2.68 bits per heavy atom. The van der Waals surface area contributed by atoms with Crippen molar-refractivity contribution in [3.05, 3.63) is 51.7 Å². The summed E-state index contributed by atoms with van der Waals surface area (Å²) in [6.45, 7) is 0.892. The van der Waals surface area contributed by atoms with Gasteiger partial charge >= 0.3 is 0 Å². The number of hydrogen-bond donors (Lipinski definition) is 1. The van der Waals surface area contributed by atoms with Gasteiger partial charge in [0.25, 0.3) is 11.7 Å². The predicted octanol–water partition coefficient (Wildman–Crippen LogP) is 2.57. The van der Waals surface area contributed by atoms with Crippen molar-refractivity contribution in [2.45, 2.75) is 6.04 Å². The van der Waals surface area contributed by atoms with E-state index in [4.69, 9.17) is 9.47 Å². The third kappa shape index (κ3) is 2.47. The summed E-state index contributed by atoms with van der Waals surface area (Å²) in [4.78, 5) is 26.8. The molecule has 128 valence electrons. The molecule has 1 aromatic carbocycles. The van der Waals surface area contributed by atoms with Gasteiger partial charge in [0.15, 0.2) is 11.5 Å². The van der Waals surface area contributed by atoms with E-state index in [1.54, 1.807) is 25.2 Å². The van der Waals surface area contributed by atoms with E-state index in [0.29, 0.717) is 30.3 Å². The molecule has 2 aliphatic rings. The number of aliphatic hydroxyl groups excluding tert-OH is 1. The lowest BCUT2D eigenvalue weighted by Crippen LogP contribution is -2.24. The summed E-state index contributed by atoms with van der Waals surface area (Å²) in [5, 5.41) is 12.7. The molecule has 4 rings (SSSR count). The van der Waals surface area contributed by atoms with Crippen molar-refractivity contribution in [2.24, 2.45) is 0 Å². The molecule has 0 spiro atoms. The normalized spacial score (nSPS) is 21.6. The van der Waals surface area contributed by atoms with E-state index in [1.807, 2.05) is 17.5 Å². The third-order valence-corrected chi connectivity index (χ3v) is 5.23. The average Bonchev–Trinajstić information content (AvgIpc) is 3.24. The van der Waals surface area contributed by atoms with Crippen LogP contribution in [0.1, 0.15) is 16.5 Å². The first-order chi connectivity index (χ1) is 12.1. The molecule has 25 heavy (non-hydrogen) atoms. The summed E-state index contributed by atoms with van der Waals surface area (Å²) in [7, 11) is 1.56. The number of ketones is 1. The van der Waals surface area contributed by atoms with E-state index < -0.39 is 17.7 Å². The molecule has 7 heteroatoms. The highest BCUT2D eigenvalue weighted by molar-refractivity contribution is 7.10. The fraction of sp³-hybridized carbons (Fsp3) is 0.222. The molecular weight excluding hydrogens is 342 g/mol. The number of fused-ring (bicyclic) bond motifs is 1. The second-order valence-electron chi connectivity index (χ2n) is 5.78. The van der Waals surface area contributed by atoms with Crippen LogP contribution in [-0.4, -0.2) is 42.0 Å². The van der Waals surface area contributed by atoms with Gasteiger partial charge in [-0.05, 0) is 29.6 Å². The van der Waals surface area contributed by atoms with Gasteiger partial charge < -0.3 is 19.5 Å². The lowest BCUT2D eigenvalue weighted by Gasteiger charge is -2.20. The van der Waals surface area contributed by atoms with Crippen molar-refractivity contribution in [3.8, 4) is 11.5 Å². The van der Waals surface area contributed by atoms with Crippen LogP contribution in [0.3, 0.4) is 0 Å².